The molecule has 0 saturated heterocycles. The van der Waals surface area contributed by atoms with E-state index in [0.29, 0.717) is 5.89 Å². The van der Waals surface area contributed by atoms with Gasteiger partial charge in [-0.3, -0.25) is 4.57 Å². The molecule has 0 saturated carbocycles. The standard InChI is InChI=1S/C62H36N2O.C60H37N3/c1-3-17-41-39(15-1)33-53(47-23-7-5-19-43(41)47)55-35-57-56(54-34-40-16-2-4-18-42(40)44-20-6-8-24-48(44)54)36-58(63-59(57)50-26-12-10-25-49(50)55)37-29-31-38(32-30-37)62-64-60-51-27-13-9-21-45(51)46-22-11-14-28-52(46)61(60)65-62;1-2-18-42(19-3-1)63-58-29-15-14-28-56(58)62-60(63)39-32-30-38(31-33-39)57-37-54(52-35-41-17-5-7-21-44(41)46-23-9-11-25-48(46)52)55-36-53(49-26-12-13-27-50(49)59(55)61-57)51-34-40-16-4-6-20-43(40)45-22-8-10-24-47(45)51/h1-36H;1-37H. The SMILES string of the molecule is c1ccc(-n2c(-c3ccc(-c4cc(-c5cc6ccccc6c6ccccc56)c5cc(-c6cc7ccccc7c7ccccc67)c6ccccc6c5n4)cc3)nc3ccccc32)cc1.c1ccc2c(c1)cc(-c1cc3c(-c4cc5ccccc5c5ccccc45)cc(-c4ccc(-c5nc6c7ccccc7c7ccccc7c6o5)cc4)nc3c3ccccc13)c1ccccc12. The van der Waals surface area contributed by atoms with Crippen molar-refractivity contribution in [1.82, 2.24) is 24.5 Å². The Morgan fingerprint density at radius 1 is 0.180 bits per heavy atom. The van der Waals surface area contributed by atoms with Crippen LogP contribution in [0, 0.1) is 0 Å². The van der Waals surface area contributed by atoms with Crippen LogP contribution in [-0.4, -0.2) is 24.5 Å². The first-order chi connectivity index (χ1) is 63.5. The number of oxazole rings is 1. The van der Waals surface area contributed by atoms with Crippen molar-refractivity contribution in [3.8, 4) is 95.6 Å². The first kappa shape index (κ1) is 72.6. The van der Waals surface area contributed by atoms with Crippen LogP contribution in [-0.2, 0) is 0 Å². The van der Waals surface area contributed by atoms with Gasteiger partial charge in [0.05, 0.1) is 33.5 Å². The second kappa shape index (κ2) is 29.3. The topological polar surface area (TPSA) is 69.6 Å². The van der Waals surface area contributed by atoms with Crippen molar-refractivity contribution < 1.29 is 4.42 Å². The summed E-state index contributed by atoms with van der Waals surface area (Å²) in [6, 6.07) is 160. The predicted octanol–water partition coefficient (Wildman–Crippen LogP) is 33.1. The summed E-state index contributed by atoms with van der Waals surface area (Å²) in [6.45, 7) is 0. The average molecular weight is 1620 g/mol. The fourth-order valence-corrected chi connectivity index (χ4v) is 20.7. The van der Waals surface area contributed by atoms with Gasteiger partial charge in [0.1, 0.15) is 11.3 Å². The van der Waals surface area contributed by atoms with Crippen molar-refractivity contribution in [2.75, 3.05) is 0 Å². The van der Waals surface area contributed by atoms with Gasteiger partial charge in [-0.2, -0.15) is 0 Å². The molecule has 27 rings (SSSR count). The highest BCUT2D eigenvalue weighted by Crippen LogP contribution is 2.50. The third-order valence-corrected chi connectivity index (χ3v) is 26.6. The molecule has 6 nitrogen and oxygen atoms in total. The smallest absolute Gasteiger partial charge is 0.227 e. The van der Waals surface area contributed by atoms with E-state index < -0.39 is 0 Å². The Morgan fingerprint density at radius 2 is 0.461 bits per heavy atom. The Morgan fingerprint density at radius 3 is 0.867 bits per heavy atom. The molecule has 4 aromatic heterocycles. The second-order valence-corrected chi connectivity index (χ2v) is 33.6. The number of para-hydroxylation sites is 3. The zero-order chi connectivity index (χ0) is 84.0. The number of fused-ring (bicyclic) bond motifs is 25. The Balaban J connectivity index is 0.000000136. The molecule has 0 aliphatic carbocycles. The van der Waals surface area contributed by atoms with Gasteiger partial charge in [0.15, 0.2) is 5.58 Å². The van der Waals surface area contributed by atoms with E-state index in [4.69, 9.17) is 24.4 Å². The fourth-order valence-electron chi connectivity index (χ4n) is 20.7. The lowest BCUT2D eigenvalue weighted by Crippen LogP contribution is -1.97. The van der Waals surface area contributed by atoms with E-state index in [1.807, 2.05) is 0 Å². The molecule has 23 aromatic carbocycles. The van der Waals surface area contributed by atoms with Crippen molar-refractivity contribution in [3.63, 3.8) is 0 Å². The minimum absolute atomic E-state index is 0.600. The minimum Gasteiger partial charge on any atom is -0.435 e. The van der Waals surface area contributed by atoms with Gasteiger partial charge in [-0.25, -0.2) is 19.9 Å². The quantitative estimate of drug-likeness (QED) is 0.135. The van der Waals surface area contributed by atoms with E-state index >= 15 is 0 Å². The van der Waals surface area contributed by atoms with Gasteiger partial charge in [-0.05, 0) is 237 Å². The van der Waals surface area contributed by atoms with Crippen LogP contribution in [0.25, 0.3) is 269 Å². The Labute approximate surface area is 735 Å². The van der Waals surface area contributed by atoms with E-state index in [0.717, 1.165) is 127 Å². The first-order valence-corrected chi connectivity index (χ1v) is 43.8. The van der Waals surface area contributed by atoms with Gasteiger partial charge in [0, 0.05) is 60.3 Å². The number of rotatable bonds is 9. The van der Waals surface area contributed by atoms with Crippen LogP contribution in [0.2, 0.25) is 0 Å². The molecule has 0 amide bonds. The molecule has 0 N–H and O–H groups in total. The van der Waals surface area contributed by atoms with Crippen molar-refractivity contribution in [2.24, 2.45) is 0 Å². The highest BCUT2D eigenvalue weighted by Gasteiger charge is 2.26. The molecule has 592 valence electrons. The maximum Gasteiger partial charge on any atom is 0.227 e. The number of hydrogen-bond acceptors (Lipinski definition) is 5. The van der Waals surface area contributed by atoms with Gasteiger partial charge in [-0.15, -0.1) is 0 Å². The molecule has 0 aliphatic rings. The van der Waals surface area contributed by atoms with Crippen LogP contribution in [0.5, 0.6) is 0 Å². The monoisotopic (exact) mass is 1620 g/mol. The molecule has 0 aliphatic heterocycles. The fraction of sp³-hybridized carbons (Fsp3) is 0. The third kappa shape index (κ3) is 11.7. The average Bonchev–Trinajstić information content (AvgIpc) is 1.09. The highest BCUT2D eigenvalue weighted by atomic mass is 16.3. The number of aromatic nitrogens is 5. The lowest BCUT2D eigenvalue weighted by molar-refractivity contribution is 0.623. The third-order valence-electron chi connectivity index (χ3n) is 26.6. The Hall–Kier alpha value is -17.1. The molecule has 0 spiro atoms. The van der Waals surface area contributed by atoms with Crippen LogP contribution in [0.3, 0.4) is 0 Å². The lowest BCUT2D eigenvalue weighted by atomic mass is 9.86. The maximum absolute atomic E-state index is 6.65. The number of nitrogens with zero attached hydrogens (tertiary/aromatic N) is 5. The summed E-state index contributed by atoms with van der Waals surface area (Å²) in [5, 5.41) is 31.1. The summed E-state index contributed by atoms with van der Waals surface area (Å²) in [4.78, 5) is 21.5. The molecule has 6 heteroatoms. The largest absolute Gasteiger partial charge is 0.435 e. The van der Waals surface area contributed by atoms with E-state index in [9.17, 15) is 0 Å². The van der Waals surface area contributed by atoms with Gasteiger partial charge < -0.3 is 4.42 Å². The van der Waals surface area contributed by atoms with Crippen molar-refractivity contribution in [1.29, 1.82) is 0 Å². The molecule has 0 radical (unpaired) electrons. The van der Waals surface area contributed by atoms with E-state index in [1.165, 1.54) is 136 Å². The summed E-state index contributed by atoms with van der Waals surface area (Å²) in [6.07, 6.45) is 0. The van der Waals surface area contributed by atoms with Crippen molar-refractivity contribution >= 4 is 173 Å². The number of imidazole rings is 1. The molecule has 4 heterocycles. The first-order valence-electron chi connectivity index (χ1n) is 43.8. The van der Waals surface area contributed by atoms with E-state index in [1.54, 1.807) is 0 Å². The molecule has 0 fully saturated rings. The Kier molecular flexibility index (Phi) is 16.6. The van der Waals surface area contributed by atoms with Crippen LogP contribution in [0.15, 0.2) is 447 Å². The van der Waals surface area contributed by atoms with Crippen LogP contribution in [0.4, 0.5) is 0 Å². The summed E-state index contributed by atoms with van der Waals surface area (Å²) in [5.74, 6) is 1.51. The molecular weight excluding hydrogens is 1550 g/mol. The highest BCUT2D eigenvalue weighted by molar-refractivity contribution is 6.28. The molecule has 128 heavy (non-hydrogen) atoms. The summed E-state index contributed by atoms with van der Waals surface area (Å²) in [7, 11) is 0. The van der Waals surface area contributed by atoms with E-state index in [-0.39, 0.29) is 0 Å². The summed E-state index contributed by atoms with van der Waals surface area (Å²) < 4.78 is 8.91. The normalized spacial score (nSPS) is 11.9. The number of hydrogen-bond donors (Lipinski definition) is 0. The number of benzene rings is 23. The maximum atomic E-state index is 6.65. The Bertz CT molecular complexity index is 9260. The van der Waals surface area contributed by atoms with Crippen LogP contribution >= 0.6 is 0 Å². The number of pyridine rings is 2. The zero-order valence-corrected chi connectivity index (χ0v) is 69.3. The van der Waals surface area contributed by atoms with Crippen molar-refractivity contribution in [2.45, 2.75) is 0 Å². The predicted molar refractivity (Wildman–Crippen MR) is 539 cm³/mol. The van der Waals surface area contributed by atoms with Crippen LogP contribution < -0.4 is 0 Å². The summed E-state index contributed by atoms with van der Waals surface area (Å²) in [5.41, 5.74) is 22.1. The lowest BCUT2D eigenvalue weighted by Gasteiger charge is -2.19. The molecule has 0 atom stereocenters. The van der Waals surface area contributed by atoms with Crippen LogP contribution in [0.1, 0.15) is 0 Å². The molecule has 0 unspecified atom stereocenters. The molecular formula is C122H73N5O. The van der Waals surface area contributed by atoms with Gasteiger partial charge in [0.2, 0.25) is 5.89 Å². The van der Waals surface area contributed by atoms with Gasteiger partial charge in [-0.1, -0.05) is 358 Å². The van der Waals surface area contributed by atoms with Gasteiger partial charge in [0.25, 0.3) is 0 Å². The molecule has 27 aromatic rings. The minimum atomic E-state index is 0.600. The zero-order valence-electron chi connectivity index (χ0n) is 69.3. The second-order valence-electron chi connectivity index (χ2n) is 33.6. The molecule has 0 bridgehead atoms. The van der Waals surface area contributed by atoms with E-state index in [2.05, 4.69) is 447 Å². The van der Waals surface area contributed by atoms with Crippen molar-refractivity contribution in [3.05, 3.63) is 443 Å². The van der Waals surface area contributed by atoms with Gasteiger partial charge >= 0.3 is 0 Å². The summed E-state index contributed by atoms with van der Waals surface area (Å²) >= 11 is 0.